The van der Waals surface area contributed by atoms with Crippen LogP contribution in [0.2, 0.25) is 0 Å². The molecule has 2 rings (SSSR count). The van der Waals surface area contributed by atoms with Crippen LogP contribution < -0.4 is 5.32 Å². The molecule has 1 amide bonds. The highest BCUT2D eigenvalue weighted by atomic mass is 16.1. The second-order valence-corrected chi connectivity index (χ2v) is 4.89. The van der Waals surface area contributed by atoms with E-state index >= 15 is 0 Å². The maximum atomic E-state index is 11.8. The van der Waals surface area contributed by atoms with Crippen LogP contribution >= 0.6 is 0 Å². The zero-order valence-electron chi connectivity index (χ0n) is 11.1. The van der Waals surface area contributed by atoms with Crippen LogP contribution in [0.5, 0.6) is 0 Å². The van der Waals surface area contributed by atoms with Gasteiger partial charge in [0.2, 0.25) is 5.91 Å². The minimum absolute atomic E-state index is 0.0542. The van der Waals surface area contributed by atoms with Crippen LogP contribution in [0.25, 0.3) is 5.57 Å². The van der Waals surface area contributed by atoms with Gasteiger partial charge in [0.1, 0.15) is 0 Å². The molecule has 2 heterocycles. The SMILES string of the molecule is CCCCC1=C(c2ccncc2)CC(C)C(=O)N1. The molecule has 1 aliphatic rings. The fourth-order valence-electron chi connectivity index (χ4n) is 2.28. The van der Waals surface area contributed by atoms with Crippen LogP contribution in [-0.4, -0.2) is 10.9 Å². The third kappa shape index (κ3) is 2.78. The number of rotatable bonds is 4. The van der Waals surface area contributed by atoms with Crippen molar-refractivity contribution in [3.05, 3.63) is 35.8 Å². The van der Waals surface area contributed by atoms with E-state index in [9.17, 15) is 4.79 Å². The van der Waals surface area contributed by atoms with Gasteiger partial charge in [0.05, 0.1) is 0 Å². The lowest BCUT2D eigenvalue weighted by Gasteiger charge is -2.25. The van der Waals surface area contributed by atoms with Gasteiger partial charge in [0, 0.05) is 24.0 Å². The van der Waals surface area contributed by atoms with Crippen molar-refractivity contribution >= 4 is 11.5 Å². The number of nitrogens with zero attached hydrogens (tertiary/aromatic N) is 1. The normalized spacial score (nSPS) is 19.9. The molecule has 0 saturated carbocycles. The van der Waals surface area contributed by atoms with Crippen LogP contribution in [0.4, 0.5) is 0 Å². The zero-order valence-corrected chi connectivity index (χ0v) is 11.1. The van der Waals surface area contributed by atoms with E-state index in [0.717, 1.165) is 31.4 Å². The number of hydrogen-bond donors (Lipinski definition) is 1. The largest absolute Gasteiger partial charge is 0.329 e. The van der Waals surface area contributed by atoms with Crippen LogP contribution in [-0.2, 0) is 4.79 Å². The molecule has 0 bridgehead atoms. The second kappa shape index (κ2) is 5.80. The Balaban J connectivity index is 2.32. The summed E-state index contributed by atoms with van der Waals surface area (Å²) in [6.45, 7) is 4.15. The van der Waals surface area contributed by atoms with Gasteiger partial charge in [-0.05, 0) is 42.5 Å². The summed E-state index contributed by atoms with van der Waals surface area (Å²) in [6, 6.07) is 4.04. The number of carbonyl (C=O) groups is 1. The zero-order chi connectivity index (χ0) is 13.0. The molecule has 1 aromatic heterocycles. The third-order valence-electron chi connectivity index (χ3n) is 3.41. The van der Waals surface area contributed by atoms with Crippen LogP contribution in [0.3, 0.4) is 0 Å². The van der Waals surface area contributed by atoms with Gasteiger partial charge in [-0.15, -0.1) is 0 Å². The maximum absolute atomic E-state index is 11.8. The number of nitrogens with one attached hydrogen (secondary N) is 1. The molecule has 1 unspecified atom stereocenters. The van der Waals surface area contributed by atoms with E-state index in [1.54, 1.807) is 12.4 Å². The molecule has 0 aliphatic carbocycles. The second-order valence-electron chi connectivity index (χ2n) is 4.89. The summed E-state index contributed by atoms with van der Waals surface area (Å²) in [5.74, 6) is 0.206. The van der Waals surface area contributed by atoms with E-state index in [2.05, 4.69) is 17.2 Å². The highest BCUT2D eigenvalue weighted by Gasteiger charge is 2.24. The summed E-state index contributed by atoms with van der Waals surface area (Å²) in [5.41, 5.74) is 3.56. The van der Waals surface area contributed by atoms with Crippen LogP contribution in [0.1, 0.15) is 45.1 Å². The van der Waals surface area contributed by atoms with Gasteiger partial charge in [-0.3, -0.25) is 9.78 Å². The molecule has 0 spiro atoms. The van der Waals surface area contributed by atoms with Crippen molar-refractivity contribution in [3.8, 4) is 0 Å². The molecule has 18 heavy (non-hydrogen) atoms. The molecule has 0 aromatic carbocycles. The van der Waals surface area contributed by atoms with Crippen molar-refractivity contribution in [2.24, 2.45) is 5.92 Å². The smallest absolute Gasteiger partial charge is 0.227 e. The molecule has 3 heteroatoms. The molecule has 1 aromatic rings. The van der Waals surface area contributed by atoms with E-state index < -0.39 is 0 Å². The molecular weight excluding hydrogens is 224 g/mol. The van der Waals surface area contributed by atoms with Gasteiger partial charge in [-0.1, -0.05) is 20.3 Å². The third-order valence-corrected chi connectivity index (χ3v) is 3.41. The van der Waals surface area contributed by atoms with Gasteiger partial charge < -0.3 is 5.32 Å². The number of unbranched alkanes of at least 4 members (excludes halogenated alkanes) is 1. The molecule has 1 N–H and O–H groups in total. The molecular formula is C15H20N2O. The predicted molar refractivity (Wildman–Crippen MR) is 72.6 cm³/mol. The first-order valence-corrected chi connectivity index (χ1v) is 6.65. The Bertz CT molecular complexity index is 451. The summed E-state index contributed by atoms with van der Waals surface area (Å²) in [6.07, 6.45) is 7.64. The Morgan fingerprint density at radius 2 is 2.11 bits per heavy atom. The Labute approximate surface area is 108 Å². The van der Waals surface area contributed by atoms with Crippen molar-refractivity contribution in [2.45, 2.75) is 39.5 Å². The average molecular weight is 244 g/mol. The first-order valence-electron chi connectivity index (χ1n) is 6.65. The van der Waals surface area contributed by atoms with Crippen molar-refractivity contribution in [1.29, 1.82) is 0 Å². The summed E-state index contributed by atoms with van der Waals surface area (Å²) < 4.78 is 0. The van der Waals surface area contributed by atoms with Crippen LogP contribution in [0, 0.1) is 5.92 Å². The monoisotopic (exact) mass is 244 g/mol. The minimum Gasteiger partial charge on any atom is -0.329 e. The lowest BCUT2D eigenvalue weighted by Crippen LogP contribution is -2.33. The van der Waals surface area contributed by atoms with E-state index in [4.69, 9.17) is 0 Å². The topological polar surface area (TPSA) is 42.0 Å². The Hall–Kier alpha value is -1.64. The first kappa shape index (κ1) is 12.8. The maximum Gasteiger partial charge on any atom is 0.227 e. The van der Waals surface area contributed by atoms with Crippen molar-refractivity contribution in [1.82, 2.24) is 10.3 Å². The number of allylic oxidation sites excluding steroid dienone is 2. The number of pyridine rings is 1. The van der Waals surface area contributed by atoms with E-state index in [1.807, 2.05) is 19.1 Å². The fraction of sp³-hybridized carbons (Fsp3) is 0.467. The van der Waals surface area contributed by atoms with Gasteiger partial charge in [-0.25, -0.2) is 0 Å². The lowest BCUT2D eigenvalue weighted by molar-refractivity contribution is -0.124. The summed E-state index contributed by atoms with van der Waals surface area (Å²) in [4.78, 5) is 15.8. The van der Waals surface area contributed by atoms with E-state index in [0.29, 0.717) is 0 Å². The Morgan fingerprint density at radius 3 is 2.78 bits per heavy atom. The van der Waals surface area contributed by atoms with Gasteiger partial charge in [-0.2, -0.15) is 0 Å². The van der Waals surface area contributed by atoms with Gasteiger partial charge in [0.25, 0.3) is 0 Å². The number of aromatic nitrogens is 1. The predicted octanol–water partition coefficient (Wildman–Crippen LogP) is 3.14. The van der Waals surface area contributed by atoms with E-state index in [-0.39, 0.29) is 11.8 Å². The van der Waals surface area contributed by atoms with Crippen molar-refractivity contribution in [2.75, 3.05) is 0 Å². The number of amides is 1. The molecule has 0 radical (unpaired) electrons. The molecule has 3 nitrogen and oxygen atoms in total. The minimum atomic E-state index is 0.0542. The van der Waals surface area contributed by atoms with Crippen molar-refractivity contribution in [3.63, 3.8) is 0 Å². The van der Waals surface area contributed by atoms with Crippen molar-refractivity contribution < 1.29 is 4.79 Å². The van der Waals surface area contributed by atoms with Gasteiger partial charge in [0.15, 0.2) is 0 Å². The number of hydrogen-bond acceptors (Lipinski definition) is 2. The summed E-state index contributed by atoms with van der Waals surface area (Å²) in [5, 5.41) is 3.07. The fourth-order valence-corrected chi connectivity index (χ4v) is 2.28. The molecule has 96 valence electrons. The quantitative estimate of drug-likeness (QED) is 0.884. The van der Waals surface area contributed by atoms with Crippen LogP contribution in [0.15, 0.2) is 30.2 Å². The number of carbonyl (C=O) groups excluding carboxylic acids is 1. The molecule has 1 atom stereocenters. The van der Waals surface area contributed by atoms with E-state index in [1.165, 1.54) is 11.1 Å². The molecule has 0 fully saturated rings. The summed E-state index contributed by atoms with van der Waals surface area (Å²) in [7, 11) is 0. The Kier molecular flexibility index (Phi) is 4.13. The average Bonchev–Trinajstić information content (AvgIpc) is 2.40. The van der Waals surface area contributed by atoms with Gasteiger partial charge >= 0.3 is 0 Å². The Morgan fingerprint density at radius 1 is 1.39 bits per heavy atom. The highest BCUT2D eigenvalue weighted by Crippen LogP contribution is 2.30. The first-order chi connectivity index (χ1) is 8.72. The summed E-state index contributed by atoms with van der Waals surface area (Å²) >= 11 is 0. The molecule has 1 aliphatic heterocycles. The highest BCUT2D eigenvalue weighted by molar-refractivity contribution is 5.88. The standard InChI is InChI=1S/C15H20N2O/c1-3-4-5-14-13(10-11(2)15(18)17-14)12-6-8-16-9-7-12/h6-9,11H,3-5,10H2,1-2H3,(H,17,18). The molecule has 0 saturated heterocycles. The lowest BCUT2D eigenvalue weighted by atomic mass is 9.89.